The fourth-order valence-electron chi connectivity index (χ4n) is 1.92. The first-order valence-corrected chi connectivity index (χ1v) is 6.80. The first-order valence-electron chi connectivity index (χ1n) is 6.80. The Kier molecular flexibility index (Phi) is 4.49. The quantitative estimate of drug-likeness (QED) is 0.865. The molecule has 0 saturated heterocycles. The predicted octanol–water partition coefficient (Wildman–Crippen LogP) is 1.72. The van der Waals surface area contributed by atoms with Crippen LogP contribution in [0.3, 0.4) is 0 Å². The van der Waals surface area contributed by atoms with Crippen molar-refractivity contribution in [2.75, 3.05) is 24.3 Å². The molecular weight excluding hydrogens is 254 g/mol. The highest BCUT2D eigenvalue weighted by molar-refractivity contribution is 5.39. The molecule has 1 unspecified atom stereocenters. The number of hydrogen-bond donors (Lipinski definition) is 1. The van der Waals surface area contributed by atoms with Crippen LogP contribution in [-0.2, 0) is 0 Å². The van der Waals surface area contributed by atoms with Crippen LogP contribution in [0.1, 0.15) is 26.7 Å². The van der Waals surface area contributed by atoms with E-state index in [1.807, 2.05) is 13.2 Å². The fourth-order valence-corrected chi connectivity index (χ4v) is 1.92. The average Bonchev–Trinajstić information content (AvgIpc) is 3.00. The van der Waals surface area contributed by atoms with E-state index in [9.17, 15) is 0 Å². The normalized spacial score (nSPS) is 12.2. The molecule has 0 aliphatic carbocycles. The molecule has 0 aliphatic heterocycles. The molecule has 2 aromatic heterocycles. The summed E-state index contributed by atoms with van der Waals surface area (Å²) in [4.78, 5) is 19.4. The molecule has 108 valence electrons. The molecule has 2 aromatic rings. The van der Waals surface area contributed by atoms with Crippen molar-refractivity contribution < 1.29 is 0 Å². The van der Waals surface area contributed by atoms with Gasteiger partial charge in [0.25, 0.3) is 0 Å². The molecule has 0 aliphatic rings. The predicted molar refractivity (Wildman–Crippen MR) is 79.3 cm³/mol. The van der Waals surface area contributed by atoms with Gasteiger partial charge in [-0.25, -0.2) is 4.98 Å². The third-order valence-corrected chi connectivity index (χ3v) is 3.25. The Morgan fingerprint density at radius 2 is 2.15 bits per heavy atom. The summed E-state index contributed by atoms with van der Waals surface area (Å²) in [5.41, 5.74) is 0. The van der Waals surface area contributed by atoms with Gasteiger partial charge in [-0.2, -0.15) is 15.0 Å². The Bertz CT molecular complexity index is 538. The summed E-state index contributed by atoms with van der Waals surface area (Å²) in [6, 6.07) is 0.378. The maximum absolute atomic E-state index is 4.51. The molecule has 20 heavy (non-hydrogen) atoms. The van der Waals surface area contributed by atoms with Gasteiger partial charge in [0.05, 0.1) is 0 Å². The third kappa shape index (κ3) is 3.04. The molecule has 2 heterocycles. The molecule has 7 heteroatoms. The highest BCUT2D eigenvalue weighted by Crippen LogP contribution is 2.16. The molecule has 2 rings (SSSR count). The van der Waals surface area contributed by atoms with Crippen molar-refractivity contribution in [1.29, 1.82) is 0 Å². The van der Waals surface area contributed by atoms with Crippen molar-refractivity contribution in [2.24, 2.45) is 0 Å². The first-order chi connectivity index (χ1) is 9.65. The fraction of sp³-hybridized carbons (Fsp3) is 0.538. The summed E-state index contributed by atoms with van der Waals surface area (Å²) in [5, 5.41) is 2.97. The summed E-state index contributed by atoms with van der Waals surface area (Å²) >= 11 is 0. The number of nitrogens with zero attached hydrogens (tertiary/aromatic N) is 6. The maximum Gasteiger partial charge on any atom is 0.241 e. The Hall–Kier alpha value is -2.18. The molecule has 7 nitrogen and oxygen atoms in total. The maximum atomic E-state index is 4.51. The van der Waals surface area contributed by atoms with Crippen molar-refractivity contribution in [3.8, 4) is 5.95 Å². The number of hydrogen-bond acceptors (Lipinski definition) is 6. The lowest BCUT2D eigenvalue weighted by molar-refractivity contribution is 0.603. The van der Waals surface area contributed by atoms with Crippen molar-refractivity contribution in [3.05, 3.63) is 18.7 Å². The second-order valence-corrected chi connectivity index (χ2v) is 4.73. The van der Waals surface area contributed by atoms with Gasteiger partial charge in [0.2, 0.25) is 17.8 Å². The summed E-state index contributed by atoms with van der Waals surface area (Å²) in [7, 11) is 3.80. The molecule has 0 bridgehead atoms. The van der Waals surface area contributed by atoms with Crippen LogP contribution < -0.4 is 10.2 Å². The minimum Gasteiger partial charge on any atom is -0.357 e. The van der Waals surface area contributed by atoms with Crippen molar-refractivity contribution in [3.63, 3.8) is 0 Å². The highest BCUT2D eigenvalue weighted by Gasteiger charge is 2.15. The molecule has 0 saturated carbocycles. The van der Waals surface area contributed by atoms with Gasteiger partial charge in [0, 0.05) is 32.5 Å². The molecule has 0 aromatic carbocycles. The minimum atomic E-state index is 0.378. The monoisotopic (exact) mass is 275 g/mol. The van der Waals surface area contributed by atoms with E-state index in [0.717, 1.165) is 12.8 Å². The standard InChI is InChI=1S/C13H21N7/c1-5-6-10(2)19(4)12-16-11(14-3)17-13(18-12)20-8-7-15-9-20/h7-10H,5-6H2,1-4H3,(H,14,16,17,18). The zero-order valence-corrected chi connectivity index (χ0v) is 12.4. The summed E-state index contributed by atoms with van der Waals surface area (Å²) in [6.07, 6.45) is 7.41. The van der Waals surface area contributed by atoms with Crippen LogP contribution in [0.25, 0.3) is 5.95 Å². The second-order valence-electron chi connectivity index (χ2n) is 4.73. The summed E-state index contributed by atoms with van der Waals surface area (Å²) in [6.45, 7) is 4.34. The van der Waals surface area contributed by atoms with E-state index in [1.54, 1.807) is 24.1 Å². The summed E-state index contributed by atoms with van der Waals surface area (Å²) < 4.78 is 1.77. The van der Waals surface area contributed by atoms with Crippen molar-refractivity contribution in [2.45, 2.75) is 32.7 Å². The minimum absolute atomic E-state index is 0.378. The van der Waals surface area contributed by atoms with Crippen LogP contribution in [0, 0.1) is 0 Å². The summed E-state index contributed by atoms with van der Waals surface area (Å²) in [5.74, 6) is 1.77. The van der Waals surface area contributed by atoms with E-state index in [0.29, 0.717) is 23.9 Å². The van der Waals surface area contributed by atoms with Crippen LogP contribution in [0.5, 0.6) is 0 Å². The van der Waals surface area contributed by atoms with E-state index in [1.165, 1.54) is 0 Å². The number of anilines is 2. The van der Waals surface area contributed by atoms with Gasteiger partial charge in [0.1, 0.15) is 6.33 Å². The van der Waals surface area contributed by atoms with Gasteiger partial charge in [-0.05, 0) is 13.3 Å². The molecule has 1 atom stereocenters. The van der Waals surface area contributed by atoms with E-state index in [4.69, 9.17) is 0 Å². The molecule has 0 amide bonds. The van der Waals surface area contributed by atoms with Gasteiger partial charge < -0.3 is 10.2 Å². The van der Waals surface area contributed by atoms with Gasteiger partial charge in [-0.1, -0.05) is 13.3 Å². The van der Waals surface area contributed by atoms with E-state index in [2.05, 4.69) is 44.0 Å². The lowest BCUT2D eigenvalue weighted by Crippen LogP contribution is -2.31. The third-order valence-electron chi connectivity index (χ3n) is 3.25. The van der Waals surface area contributed by atoms with Crippen molar-refractivity contribution in [1.82, 2.24) is 24.5 Å². The zero-order valence-electron chi connectivity index (χ0n) is 12.4. The number of rotatable bonds is 6. The number of imidazole rings is 1. The van der Waals surface area contributed by atoms with Gasteiger partial charge in [0.15, 0.2) is 0 Å². The van der Waals surface area contributed by atoms with Gasteiger partial charge in [-0.15, -0.1) is 0 Å². The van der Waals surface area contributed by atoms with Crippen LogP contribution in [0.2, 0.25) is 0 Å². The van der Waals surface area contributed by atoms with Crippen LogP contribution >= 0.6 is 0 Å². The molecule has 0 radical (unpaired) electrons. The average molecular weight is 275 g/mol. The largest absolute Gasteiger partial charge is 0.357 e. The molecule has 1 N–H and O–H groups in total. The second kappa shape index (κ2) is 6.31. The molecule has 0 spiro atoms. The van der Waals surface area contributed by atoms with Crippen LogP contribution in [-0.4, -0.2) is 44.6 Å². The van der Waals surface area contributed by atoms with E-state index in [-0.39, 0.29) is 0 Å². The highest BCUT2D eigenvalue weighted by atomic mass is 15.3. The number of aromatic nitrogens is 5. The topological polar surface area (TPSA) is 71.8 Å². The Morgan fingerprint density at radius 3 is 2.75 bits per heavy atom. The smallest absolute Gasteiger partial charge is 0.241 e. The lowest BCUT2D eigenvalue weighted by atomic mass is 10.2. The van der Waals surface area contributed by atoms with Gasteiger partial charge >= 0.3 is 0 Å². The van der Waals surface area contributed by atoms with Crippen LogP contribution in [0.15, 0.2) is 18.7 Å². The first kappa shape index (κ1) is 14.2. The van der Waals surface area contributed by atoms with Gasteiger partial charge in [-0.3, -0.25) is 4.57 Å². The molecular formula is C13H21N7. The Balaban J connectivity index is 2.35. The Morgan fingerprint density at radius 1 is 1.35 bits per heavy atom. The van der Waals surface area contributed by atoms with E-state index >= 15 is 0 Å². The lowest BCUT2D eigenvalue weighted by Gasteiger charge is -2.25. The molecule has 0 fully saturated rings. The van der Waals surface area contributed by atoms with Crippen LogP contribution in [0.4, 0.5) is 11.9 Å². The SMILES string of the molecule is CCCC(C)N(C)c1nc(NC)nc(-n2ccnc2)n1. The zero-order chi connectivity index (χ0) is 14.5. The Labute approximate surface area is 119 Å². The van der Waals surface area contributed by atoms with E-state index < -0.39 is 0 Å². The number of nitrogens with one attached hydrogen (secondary N) is 1. The van der Waals surface area contributed by atoms with Crippen molar-refractivity contribution >= 4 is 11.9 Å².